The van der Waals surface area contributed by atoms with Crippen molar-refractivity contribution in [2.75, 3.05) is 13.1 Å². The summed E-state index contributed by atoms with van der Waals surface area (Å²) < 4.78 is 0. The first-order valence-electron chi connectivity index (χ1n) is 7.82. The summed E-state index contributed by atoms with van der Waals surface area (Å²) >= 11 is 0. The van der Waals surface area contributed by atoms with Crippen LogP contribution in [0.25, 0.3) is 0 Å². The molecule has 1 saturated heterocycles. The Kier molecular flexibility index (Phi) is 3.72. The van der Waals surface area contributed by atoms with Crippen LogP contribution in [0.15, 0.2) is 41.5 Å². The van der Waals surface area contributed by atoms with Gasteiger partial charge in [0, 0.05) is 13.0 Å². The molecule has 112 valence electrons. The average molecular weight is 285 g/mol. The van der Waals surface area contributed by atoms with Gasteiger partial charge >= 0.3 is 0 Å². The van der Waals surface area contributed by atoms with E-state index in [2.05, 4.69) is 24.0 Å². The molecule has 0 bridgehead atoms. The molecule has 0 spiro atoms. The molecule has 21 heavy (non-hydrogen) atoms. The lowest BCUT2D eigenvalue weighted by atomic mass is 9.61. The number of fused-ring (bicyclic) bond motifs is 1. The highest BCUT2D eigenvalue weighted by Crippen LogP contribution is 2.49. The second kappa shape index (κ2) is 5.39. The Morgan fingerprint density at radius 2 is 2.00 bits per heavy atom. The van der Waals surface area contributed by atoms with E-state index in [9.17, 15) is 9.90 Å². The van der Waals surface area contributed by atoms with Crippen molar-refractivity contribution in [3.63, 3.8) is 0 Å². The summed E-state index contributed by atoms with van der Waals surface area (Å²) in [7, 11) is 0. The van der Waals surface area contributed by atoms with Crippen LogP contribution in [-0.2, 0) is 10.2 Å². The van der Waals surface area contributed by atoms with E-state index in [1.807, 2.05) is 25.1 Å². The summed E-state index contributed by atoms with van der Waals surface area (Å²) in [5.41, 5.74) is 2.76. The topological polar surface area (TPSA) is 40.5 Å². The van der Waals surface area contributed by atoms with Gasteiger partial charge in [-0.15, -0.1) is 0 Å². The lowest BCUT2D eigenvalue weighted by Crippen LogP contribution is -2.57. The van der Waals surface area contributed by atoms with E-state index in [1.165, 1.54) is 0 Å². The molecule has 1 fully saturated rings. The molecule has 0 amide bonds. The lowest BCUT2D eigenvalue weighted by molar-refractivity contribution is -0.119. The molecule has 0 radical (unpaired) electrons. The van der Waals surface area contributed by atoms with Gasteiger partial charge in [-0.3, -0.25) is 9.69 Å². The number of allylic oxidation sites excluding steroid dienone is 1. The molecule has 1 N–H and O–H groups in total. The molecule has 1 aromatic carbocycles. The number of benzene rings is 1. The van der Waals surface area contributed by atoms with Crippen LogP contribution in [0, 0.1) is 0 Å². The maximum atomic E-state index is 12.1. The van der Waals surface area contributed by atoms with Gasteiger partial charge in [-0.25, -0.2) is 0 Å². The van der Waals surface area contributed by atoms with Crippen molar-refractivity contribution in [3.8, 4) is 0 Å². The highest BCUT2D eigenvalue weighted by Gasteiger charge is 2.50. The third-order valence-electron chi connectivity index (χ3n) is 5.29. The third-order valence-corrected chi connectivity index (χ3v) is 5.29. The molecule has 3 heteroatoms. The number of likely N-dealkylation sites (N-methyl/N-ethyl adjacent to an activating group) is 1. The minimum Gasteiger partial charge on any atom is -0.377 e. The van der Waals surface area contributed by atoms with Crippen LogP contribution in [0.5, 0.6) is 0 Å². The number of hydrogen-bond donors (Lipinski definition) is 1. The standard InChI is InChI=1S/C18H23NO2/c1-3-19-12-10-15-13(2)16(20)9-11-18(15,17(19)21)14-7-5-4-6-8-14/h4-8,17,21H,3,9-12H2,1-2H3. The summed E-state index contributed by atoms with van der Waals surface area (Å²) in [5, 5.41) is 11.1. The van der Waals surface area contributed by atoms with Crippen LogP contribution in [0.3, 0.4) is 0 Å². The third kappa shape index (κ3) is 2.07. The number of ketones is 1. The molecule has 1 aromatic rings. The Balaban J connectivity index is 2.20. The number of likely N-dealkylation sites (tertiary alicyclic amines) is 1. The fourth-order valence-corrected chi connectivity index (χ4v) is 4.07. The first kappa shape index (κ1) is 14.5. The van der Waals surface area contributed by atoms with Gasteiger partial charge in [0.2, 0.25) is 0 Å². The molecular formula is C18H23NO2. The molecular weight excluding hydrogens is 262 g/mol. The van der Waals surface area contributed by atoms with Crippen LogP contribution in [0.2, 0.25) is 0 Å². The number of Topliss-reactive ketones (excluding diaryl/α,β-unsaturated/α-hetero) is 1. The van der Waals surface area contributed by atoms with Crippen molar-refractivity contribution >= 4 is 5.78 Å². The summed E-state index contributed by atoms with van der Waals surface area (Å²) in [4.78, 5) is 14.3. The highest BCUT2D eigenvalue weighted by atomic mass is 16.3. The molecule has 2 atom stereocenters. The SMILES string of the molecule is CCN1CCC2=C(C)C(=O)CCC2(c2ccccc2)C1O. The number of nitrogens with zero attached hydrogens (tertiary/aromatic N) is 1. The Morgan fingerprint density at radius 3 is 2.67 bits per heavy atom. The predicted molar refractivity (Wildman–Crippen MR) is 82.9 cm³/mol. The zero-order valence-electron chi connectivity index (χ0n) is 12.8. The van der Waals surface area contributed by atoms with Crippen molar-refractivity contribution in [2.45, 2.75) is 44.8 Å². The van der Waals surface area contributed by atoms with Gasteiger partial charge in [0.15, 0.2) is 5.78 Å². The van der Waals surface area contributed by atoms with Crippen molar-refractivity contribution in [1.82, 2.24) is 4.90 Å². The van der Waals surface area contributed by atoms with E-state index in [4.69, 9.17) is 0 Å². The van der Waals surface area contributed by atoms with Crippen molar-refractivity contribution in [1.29, 1.82) is 0 Å². The fraction of sp³-hybridized carbons (Fsp3) is 0.500. The van der Waals surface area contributed by atoms with Crippen LogP contribution in [-0.4, -0.2) is 35.1 Å². The molecule has 0 saturated carbocycles. The molecule has 3 nitrogen and oxygen atoms in total. The van der Waals surface area contributed by atoms with Gasteiger partial charge in [-0.2, -0.15) is 0 Å². The molecule has 1 aliphatic carbocycles. The second-order valence-electron chi connectivity index (χ2n) is 6.12. The number of piperidine rings is 1. The number of carbonyl (C=O) groups excluding carboxylic acids is 1. The molecule has 1 heterocycles. The van der Waals surface area contributed by atoms with E-state index >= 15 is 0 Å². The van der Waals surface area contributed by atoms with Gasteiger partial charge in [0.05, 0.1) is 5.41 Å². The summed E-state index contributed by atoms with van der Waals surface area (Å²) in [5.74, 6) is 0.244. The van der Waals surface area contributed by atoms with Crippen LogP contribution in [0.4, 0.5) is 0 Å². The van der Waals surface area contributed by atoms with Crippen LogP contribution >= 0.6 is 0 Å². The minimum atomic E-state index is -0.545. The monoisotopic (exact) mass is 285 g/mol. The van der Waals surface area contributed by atoms with E-state index < -0.39 is 11.6 Å². The Labute approximate surface area is 126 Å². The van der Waals surface area contributed by atoms with Gasteiger partial charge < -0.3 is 5.11 Å². The average Bonchev–Trinajstić information content (AvgIpc) is 2.52. The number of aliphatic hydroxyl groups is 1. The van der Waals surface area contributed by atoms with Gasteiger partial charge in [0.25, 0.3) is 0 Å². The molecule has 0 aromatic heterocycles. The van der Waals surface area contributed by atoms with E-state index in [0.29, 0.717) is 12.8 Å². The normalized spacial score (nSPS) is 30.4. The van der Waals surface area contributed by atoms with E-state index in [-0.39, 0.29) is 5.78 Å². The van der Waals surface area contributed by atoms with Crippen LogP contribution < -0.4 is 0 Å². The quantitative estimate of drug-likeness (QED) is 0.908. The first-order valence-corrected chi connectivity index (χ1v) is 7.82. The smallest absolute Gasteiger partial charge is 0.158 e. The zero-order valence-corrected chi connectivity index (χ0v) is 12.8. The summed E-state index contributed by atoms with van der Waals surface area (Å²) in [6.45, 7) is 5.67. The molecule has 1 aliphatic heterocycles. The maximum Gasteiger partial charge on any atom is 0.158 e. The number of hydrogen-bond acceptors (Lipinski definition) is 3. The summed E-state index contributed by atoms with van der Waals surface area (Å²) in [6, 6.07) is 10.2. The predicted octanol–water partition coefficient (Wildman–Crippen LogP) is 2.65. The molecule has 2 aliphatic rings. The Bertz CT molecular complexity index is 578. The van der Waals surface area contributed by atoms with E-state index in [0.717, 1.165) is 36.2 Å². The summed E-state index contributed by atoms with van der Waals surface area (Å²) in [6.07, 6.45) is 1.56. The van der Waals surface area contributed by atoms with Crippen LogP contribution in [0.1, 0.15) is 38.7 Å². The van der Waals surface area contributed by atoms with Crippen molar-refractivity contribution in [3.05, 3.63) is 47.0 Å². The Hall–Kier alpha value is -1.45. The van der Waals surface area contributed by atoms with Gasteiger partial charge in [-0.05, 0) is 43.0 Å². The minimum absolute atomic E-state index is 0.244. The molecule has 3 rings (SSSR count). The van der Waals surface area contributed by atoms with E-state index in [1.54, 1.807) is 0 Å². The molecule has 2 unspecified atom stereocenters. The lowest BCUT2D eigenvalue weighted by Gasteiger charge is -2.51. The van der Waals surface area contributed by atoms with Gasteiger partial charge in [0.1, 0.15) is 6.23 Å². The first-order chi connectivity index (χ1) is 10.1. The van der Waals surface area contributed by atoms with Crippen molar-refractivity contribution in [2.24, 2.45) is 0 Å². The number of carbonyl (C=O) groups is 1. The Morgan fingerprint density at radius 1 is 1.29 bits per heavy atom. The second-order valence-corrected chi connectivity index (χ2v) is 6.12. The highest BCUT2D eigenvalue weighted by molar-refractivity contribution is 5.97. The zero-order chi connectivity index (χ0) is 15.0. The number of aliphatic hydroxyl groups excluding tert-OH is 1. The van der Waals surface area contributed by atoms with Crippen molar-refractivity contribution < 1.29 is 9.90 Å². The largest absolute Gasteiger partial charge is 0.377 e. The maximum absolute atomic E-state index is 12.1. The number of rotatable bonds is 2. The van der Waals surface area contributed by atoms with Gasteiger partial charge in [-0.1, -0.05) is 37.3 Å². The fourth-order valence-electron chi connectivity index (χ4n) is 4.07.